The van der Waals surface area contributed by atoms with E-state index >= 15 is 0 Å². The minimum Gasteiger partial charge on any atom is -0.465 e. The van der Waals surface area contributed by atoms with Gasteiger partial charge in [0.15, 0.2) is 11.5 Å². The zero-order valence-corrected chi connectivity index (χ0v) is 34.2. The Bertz CT molecular complexity index is 2390. The van der Waals surface area contributed by atoms with E-state index in [0.29, 0.717) is 72.4 Å². The first-order chi connectivity index (χ1) is 26.4. The van der Waals surface area contributed by atoms with Crippen molar-refractivity contribution in [2.75, 3.05) is 61.8 Å². The number of benzene rings is 2. The molecule has 0 unspecified atom stereocenters. The van der Waals surface area contributed by atoms with Crippen LogP contribution in [0, 0.1) is 24.7 Å². The predicted molar refractivity (Wildman–Crippen MR) is 216 cm³/mol. The number of halogens is 2. The molecule has 4 heterocycles. The van der Waals surface area contributed by atoms with E-state index in [1.54, 1.807) is 27.9 Å². The number of nitrogens with zero attached hydrogens (tertiary/aromatic N) is 4. The molecule has 2 aromatic heterocycles. The number of carbonyl (C=O) groups excluding carboxylic acids is 2. The first kappa shape index (κ1) is 38.8. The van der Waals surface area contributed by atoms with Gasteiger partial charge < -0.3 is 43.9 Å². The molecular weight excluding hydrogens is 806 g/mol. The van der Waals surface area contributed by atoms with Crippen LogP contribution in [0.1, 0.15) is 53.4 Å². The maximum absolute atomic E-state index is 14.6. The molecule has 0 spiro atoms. The molecule has 0 radical (unpaired) electrons. The van der Waals surface area contributed by atoms with E-state index < -0.39 is 24.7 Å². The summed E-state index contributed by atoms with van der Waals surface area (Å²) in [6, 6.07) is 3.31. The molecule has 2 aromatic carbocycles. The molecule has 9 rings (SSSR count). The Kier molecular flexibility index (Phi) is 9.37. The molecule has 19 heteroatoms. The molecule has 15 nitrogen and oxygen atoms in total. The normalized spacial score (nSPS) is 23.4. The number of hydrogen-bond donors (Lipinski definition) is 5. The van der Waals surface area contributed by atoms with E-state index in [0.717, 1.165) is 32.5 Å². The van der Waals surface area contributed by atoms with Crippen molar-refractivity contribution in [2.45, 2.75) is 44.9 Å². The van der Waals surface area contributed by atoms with E-state index in [4.69, 9.17) is 44.7 Å². The zero-order valence-electron chi connectivity index (χ0n) is 31.0. The number of hydrogen-bond acceptors (Lipinski definition) is 7. The molecule has 3 fully saturated rings. The van der Waals surface area contributed by atoms with Gasteiger partial charge in [-0.1, -0.05) is 0 Å². The van der Waals surface area contributed by atoms with Crippen LogP contribution in [0.3, 0.4) is 0 Å². The summed E-state index contributed by atoms with van der Waals surface area (Å²) < 4.78 is 23.3. The summed E-state index contributed by atoms with van der Waals surface area (Å²) >= 11 is 18.6. The van der Waals surface area contributed by atoms with Crippen LogP contribution in [-0.4, -0.2) is 110 Å². The highest BCUT2D eigenvalue weighted by Crippen LogP contribution is 2.75. The number of aromatic nitrogens is 2. The number of phosphoric ester groups is 1. The van der Waals surface area contributed by atoms with Crippen molar-refractivity contribution in [2.24, 2.45) is 10.8 Å². The molecule has 2 bridgehead atoms. The molecule has 56 heavy (non-hydrogen) atoms. The fourth-order valence-electron chi connectivity index (χ4n) is 9.41. The molecule has 5 aliphatic rings. The average Bonchev–Trinajstić information content (AvgIpc) is 3.87. The molecule has 298 valence electrons. The smallest absolute Gasteiger partial charge is 0.465 e. The van der Waals surface area contributed by atoms with E-state index in [1.807, 2.05) is 26.1 Å². The van der Waals surface area contributed by atoms with Gasteiger partial charge in [0.25, 0.3) is 5.17 Å². The maximum atomic E-state index is 14.6. The van der Waals surface area contributed by atoms with Crippen molar-refractivity contribution in [3.8, 4) is 11.5 Å². The number of carbonyl (C=O) groups is 3. The van der Waals surface area contributed by atoms with E-state index in [-0.39, 0.29) is 52.9 Å². The Morgan fingerprint density at radius 1 is 0.857 bits per heavy atom. The van der Waals surface area contributed by atoms with Crippen molar-refractivity contribution in [1.82, 2.24) is 19.8 Å². The third kappa shape index (κ3) is 5.94. The number of rotatable bonds is 10. The molecule has 4 aromatic rings. The molecule has 5 N–H and O–H groups in total. The van der Waals surface area contributed by atoms with Gasteiger partial charge in [0, 0.05) is 99.2 Å². The van der Waals surface area contributed by atoms with Crippen molar-refractivity contribution >= 4 is 99.5 Å². The third-order valence-electron chi connectivity index (χ3n) is 12.1. The summed E-state index contributed by atoms with van der Waals surface area (Å²) in [5.74, 6) is 0.248. The number of likely N-dealkylation sites (N-methyl/N-ethyl adjacent to an activating group) is 2. The fourth-order valence-corrected chi connectivity index (χ4v) is 10.5. The first-order valence-electron chi connectivity index (χ1n) is 18.1. The van der Waals surface area contributed by atoms with E-state index in [9.17, 15) is 33.8 Å². The van der Waals surface area contributed by atoms with Crippen molar-refractivity contribution in [3.05, 3.63) is 46.8 Å². The highest BCUT2D eigenvalue weighted by Gasteiger charge is 2.76. The SMILES string of the molecule is Cc1c[nH]c2c(OC(=S)N(C)CCN(C)C(=O)O)cc3c(c12)[C@H](CCl)CN3C(=O)C12CC(C(=O)N3C[C@@H](CCl)c4c3cc(OP(=O)(O)O)c3[nH]cc(C)c43)(C1)C2. The van der Waals surface area contributed by atoms with Gasteiger partial charge in [-0.3, -0.25) is 19.4 Å². The summed E-state index contributed by atoms with van der Waals surface area (Å²) in [7, 11) is -1.74. The number of alkyl halides is 2. The van der Waals surface area contributed by atoms with Crippen molar-refractivity contribution in [1.29, 1.82) is 0 Å². The molecule has 0 saturated heterocycles. The van der Waals surface area contributed by atoms with Crippen LogP contribution in [0.4, 0.5) is 16.2 Å². The number of carboxylic acid groups (broad SMARTS) is 1. The Hall–Kier alpha value is -4.05. The number of H-pyrrole nitrogens is 2. The van der Waals surface area contributed by atoms with Crippen LogP contribution in [0.5, 0.6) is 11.5 Å². The number of aryl methyl sites for hydroxylation is 2. The van der Waals surface area contributed by atoms with Crippen LogP contribution in [0.25, 0.3) is 21.8 Å². The van der Waals surface area contributed by atoms with Crippen LogP contribution >= 0.6 is 43.2 Å². The lowest BCUT2D eigenvalue weighted by molar-refractivity contribution is -0.204. The molecule has 2 aliphatic heterocycles. The van der Waals surface area contributed by atoms with Gasteiger partial charge >= 0.3 is 13.9 Å². The van der Waals surface area contributed by atoms with E-state index in [1.165, 1.54) is 13.1 Å². The zero-order chi connectivity index (χ0) is 40.2. The predicted octanol–water partition coefficient (Wildman–Crippen LogP) is 6.15. The van der Waals surface area contributed by atoms with Crippen LogP contribution in [0.15, 0.2) is 24.5 Å². The van der Waals surface area contributed by atoms with Gasteiger partial charge in [-0.2, -0.15) is 0 Å². The lowest BCUT2D eigenvalue weighted by atomic mass is 9.34. The molecule has 3 saturated carbocycles. The first-order valence-corrected chi connectivity index (χ1v) is 21.1. The van der Waals surface area contributed by atoms with Gasteiger partial charge in [-0.05, 0) is 67.6 Å². The number of phosphoric acid groups is 1. The van der Waals surface area contributed by atoms with Gasteiger partial charge in [0.05, 0.1) is 33.2 Å². The van der Waals surface area contributed by atoms with Gasteiger partial charge in [-0.15, -0.1) is 23.2 Å². The molecule has 2 atom stereocenters. The van der Waals surface area contributed by atoms with Crippen LogP contribution < -0.4 is 19.1 Å². The second kappa shape index (κ2) is 13.5. The van der Waals surface area contributed by atoms with Crippen molar-refractivity contribution < 1.29 is 43.1 Å². The Balaban J connectivity index is 1.06. The number of thiocarbonyl (C=S) groups is 1. The number of ether oxygens (including phenoxy) is 1. The molecule has 3 amide bonds. The monoisotopic (exact) mass is 846 g/mol. The van der Waals surface area contributed by atoms with Crippen molar-refractivity contribution in [3.63, 3.8) is 0 Å². The Morgan fingerprint density at radius 3 is 1.75 bits per heavy atom. The van der Waals surface area contributed by atoms with Gasteiger partial charge in [0.1, 0.15) is 0 Å². The number of amides is 3. The van der Waals surface area contributed by atoms with Gasteiger partial charge in [-0.25, -0.2) is 9.36 Å². The second-order valence-corrected chi connectivity index (χ2v) is 17.9. The second-order valence-electron chi connectivity index (χ2n) is 15.8. The number of aromatic amines is 2. The largest absolute Gasteiger partial charge is 0.524 e. The van der Waals surface area contributed by atoms with Crippen LogP contribution in [0.2, 0.25) is 0 Å². The highest BCUT2D eigenvalue weighted by atomic mass is 35.5. The summed E-state index contributed by atoms with van der Waals surface area (Å²) in [5.41, 5.74) is 4.33. The topological polar surface area (TPSA) is 192 Å². The van der Waals surface area contributed by atoms with Crippen LogP contribution in [-0.2, 0) is 14.2 Å². The Morgan fingerprint density at radius 2 is 1.30 bits per heavy atom. The molecule has 3 aliphatic carbocycles. The minimum atomic E-state index is -4.93. The number of nitrogens with one attached hydrogen (secondary N) is 2. The summed E-state index contributed by atoms with van der Waals surface area (Å²) in [6.45, 7) is 5.00. The summed E-state index contributed by atoms with van der Waals surface area (Å²) in [6.07, 6.45) is 3.62. The minimum absolute atomic E-state index is 0.0627. The molecular formula is C37H41Cl2N6O9PS. The van der Waals surface area contributed by atoms with Gasteiger partial charge in [0.2, 0.25) is 11.8 Å². The summed E-state index contributed by atoms with van der Waals surface area (Å²) in [4.78, 5) is 72.4. The fraction of sp³-hybridized carbons (Fsp3) is 0.459. The lowest BCUT2D eigenvalue weighted by Gasteiger charge is -2.69. The number of fused-ring (bicyclic) bond motifs is 6. The average molecular weight is 848 g/mol. The van der Waals surface area contributed by atoms with E-state index in [2.05, 4.69) is 9.97 Å². The highest BCUT2D eigenvalue weighted by molar-refractivity contribution is 7.80. The quantitative estimate of drug-likeness (QED) is 0.0699. The third-order valence-corrected chi connectivity index (χ3v) is 13.7. The maximum Gasteiger partial charge on any atom is 0.524 e. The number of anilines is 2. The Labute approximate surface area is 337 Å². The standard InChI is InChI=1S/C37H41Cl2N6O9PS/c1-18-11-40-30-24(53-35(56)43(4)6-5-42(3)34(48)49)7-22-28(26(18)30)20(9-38)13-44(22)32(46)36-15-37(16-36,17-36)33(47)45-14-21(10-39)29-23(45)8-25(54-55(50,51)52)31-27(29)19(2)12-41-31/h7-8,11-12,20-21,40-41H,5-6,9-10,13-17H2,1-4H3,(H,48,49)(H2,50,51,52)/t20-,21-,36?,37?/m1/s1. The lowest BCUT2D eigenvalue weighted by Crippen LogP contribution is -2.73. The summed E-state index contributed by atoms with van der Waals surface area (Å²) in [5, 5.41) is 11.0.